The lowest BCUT2D eigenvalue weighted by molar-refractivity contribution is 0.0502. The molecule has 1 heterocycles. The molecule has 4 heteroatoms. The highest BCUT2D eigenvalue weighted by Gasteiger charge is 2.37. The molecule has 0 fully saturated rings. The van der Waals surface area contributed by atoms with Gasteiger partial charge in [-0.05, 0) is 23.4 Å². The topological polar surface area (TPSA) is 63.4 Å². The molecule has 0 aliphatic carbocycles. The van der Waals surface area contributed by atoms with Crippen molar-refractivity contribution in [3.8, 4) is 0 Å². The number of nitrogens with zero attached hydrogens (tertiary/aromatic N) is 1. The number of amides is 2. The zero-order chi connectivity index (χ0) is 15.1. The molecule has 2 aromatic rings. The van der Waals surface area contributed by atoms with Crippen molar-refractivity contribution in [3.63, 3.8) is 0 Å². The van der Waals surface area contributed by atoms with Crippen LogP contribution in [0, 0.1) is 5.92 Å². The first-order valence-electron chi connectivity index (χ1n) is 7.16. The molecule has 3 rings (SSSR count). The summed E-state index contributed by atoms with van der Waals surface area (Å²) in [6.07, 6.45) is 0. The van der Waals surface area contributed by atoms with Crippen molar-refractivity contribution in [2.24, 2.45) is 11.7 Å². The van der Waals surface area contributed by atoms with Crippen LogP contribution in [0.25, 0.3) is 10.8 Å². The monoisotopic (exact) mass is 282 g/mol. The van der Waals surface area contributed by atoms with Crippen LogP contribution in [0.5, 0.6) is 0 Å². The molecule has 108 valence electrons. The summed E-state index contributed by atoms with van der Waals surface area (Å²) in [5.74, 6) is -0.366. The van der Waals surface area contributed by atoms with E-state index in [1.807, 2.05) is 38.1 Å². The minimum absolute atomic E-state index is 0.118. The van der Waals surface area contributed by atoms with E-state index in [0.29, 0.717) is 11.1 Å². The Hall–Kier alpha value is -2.20. The molecule has 0 aromatic heterocycles. The first-order chi connectivity index (χ1) is 10.1. The van der Waals surface area contributed by atoms with Crippen molar-refractivity contribution in [2.75, 3.05) is 6.54 Å². The zero-order valence-electron chi connectivity index (χ0n) is 12.2. The molecule has 0 radical (unpaired) electrons. The van der Waals surface area contributed by atoms with Crippen LogP contribution >= 0.6 is 0 Å². The van der Waals surface area contributed by atoms with Crippen LogP contribution < -0.4 is 5.73 Å². The van der Waals surface area contributed by atoms with Crippen LogP contribution in [-0.4, -0.2) is 29.3 Å². The standard InChI is InChI=1S/C17H18N2O2/c1-10(2)14(9-18)19-16(20)12-7-3-5-11-6-4-8-13(15(11)12)17(19)21/h3-8,10,14H,9,18H2,1-2H3. The summed E-state index contributed by atoms with van der Waals surface area (Å²) >= 11 is 0. The number of rotatable bonds is 3. The van der Waals surface area contributed by atoms with Gasteiger partial charge in [0.25, 0.3) is 11.8 Å². The van der Waals surface area contributed by atoms with E-state index in [-0.39, 0.29) is 30.3 Å². The van der Waals surface area contributed by atoms with Gasteiger partial charge in [0.1, 0.15) is 0 Å². The van der Waals surface area contributed by atoms with E-state index < -0.39 is 0 Å². The van der Waals surface area contributed by atoms with Crippen molar-refractivity contribution in [2.45, 2.75) is 19.9 Å². The Morgan fingerprint density at radius 2 is 1.52 bits per heavy atom. The van der Waals surface area contributed by atoms with Crippen LogP contribution in [0.4, 0.5) is 0 Å². The van der Waals surface area contributed by atoms with Gasteiger partial charge in [-0.2, -0.15) is 0 Å². The van der Waals surface area contributed by atoms with Crippen LogP contribution in [0.3, 0.4) is 0 Å². The zero-order valence-corrected chi connectivity index (χ0v) is 12.2. The fourth-order valence-corrected chi connectivity index (χ4v) is 3.03. The highest BCUT2D eigenvalue weighted by molar-refractivity contribution is 6.25. The van der Waals surface area contributed by atoms with Crippen molar-refractivity contribution in [1.82, 2.24) is 4.90 Å². The number of imide groups is 1. The van der Waals surface area contributed by atoms with Gasteiger partial charge in [0.05, 0.1) is 6.04 Å². The second-order valence-electron chi connectivity index (χ2n) is 5.74. The van der Waals surface area contributed by atoms with Gasteiger partial charge < -0.3 is 5.73 Å². The van der Waals surface area contributed by atoms with Crippen molar-refractivity contribution in [1.29, 1.82) is 0 Å². The number of carbonyl (C=O) groups is 2. The molecule has 2 N–H and O–H groups in total. The molecule has 0 bridgehead atoms. The van der Waals surface area contributed by atoms with Crippen LogP contribution in [-0.2, 0) is 0 Å². The predicted molar refractivity (Wildman–Crippen MR) is 82.1 cm³/mol. The third-order valence-electron chi connectivity index (χ3n) is 4.15. The Morgan fingerprint density at radius 3 is 1.95 bits per heavy atom. The molecule has 2 aromatic carbocycles. The fourth-order valence-electron chi connectivity index (χ4n) is 3.03. The molecule has 1 atom stereocenters. The van der Waals surface area contributed by atoms with E-state index in [9.17, 15) is 9.59 Å². The summed E-state index contributed by atoms with van der Waals surface area (Å²) in [4.78, 5) is 26.9. The smallest absolute Gasteiger partial charge is 0.261 e. The summed E-state index contributed by atoms with van der Waals surface area (Å²) in [5, 5.41) is 1.67. The minimum Gasteiger partial charge on any atom is -0.328 e. The lowest BCUT2D eigenvalue weighted by Gasteiger charge is -2.35. The second-order valence-corrected chi connectivity index (χ2v) is 5.74. The van der Waals surface area contributed by atoms with Gasteiger partial charge in [0.2, 0.25) is 0 Å². The predicted octanol–water partition coefficient (Wildman–Crippen LogP) is 2.42. The van der Waals surface area contributed by atoms with Crippen molar-refractivity contribution >= 4 is 22.6 Å². The van der Waals surface area contributed by atoms with Crippen LogP contribution in [0.2, 0.25) is 0 Å². The SMILES string of the molecule is CC(C)C(CN)N1C(=O)c2cccc3cccc(c23)C1=O. The number of carbonyl (C=O) groups excluding carboxylic acids is 2. The lowest BCUT2D eigenvalue weighted by atomic mass is 9.91. The summed E-state index contributed by atoms with van der Waals surface area (Å²) in [6, 6.07) is 10.8. The Bertz CT molecular complexity index is 686. The lowest BCUT2D eigenvalue weighted by Crippen LogP contribution is -2.52. The van der Waals surface area contributed by atoms with Gasteiger partial charge in [-0.25, -0.2) is 0 Å². The maximum absolute atomic E-state index is 12.8. The first kappa shape index (κ1) is 13.8. The summed E-state index contributed by atoms with van der Waals surface area (Å²) in [7, 11) is 0. The molecule has 1 aliphatic heterocycles. The van der Waals surface area contributed by atoms with E-state index >= 15 is 0 Å². The van der Waals surface area contributed by atoms with Gasteiger partial charge in [-0.1, -0.05) is 38.1 Å². The summed E-state index contributed by atoms with van der Waals surface area (Å²) in [6.45, 7) is 4.21. The largest absolute Gasteiger partial charge is 0.328 e. The average Bonchev–Trinajstić information content (AvgIpc) is 2.48. The van der Waals surface area contributed by atoms with Crippen molar-refractivity contribution < 1.29 is 9.59 Å². The molecule has 0 saturated heterocycles. The van der Waals surface area contributed by atoms with E-state index in [4.69, 9.17) is 5.73 Å². The van der Waals surface area contributed by atoms with Gasteiger partial charge in [-0.15, -0.1) is 0 Å². The Kier molecular flexibility index (Phi) is 3.26. The molecule has 1 aliphatic rings. The first-order valence-corrected chi connectivity index (χ1v) is 7.16. The maximum Gasteiger partial charge on any atom is 0.261 e. The van der Waals surface area contributed by atoms with Crippen LogP contribution in [0.15, 0.2) is 36.4 Å². The molecular weight excluding hydrogens is 264 g/mol. The van der Waals surface area contributed by atoms with E-state index in [2.05, 4.69) is 0 Å². The Labute approximate surface area is 123 Å². The minimum atomic E-state index is -0.284. The molecular formula is C17H18N2O2. The van der Waals surface area contributed by atoms with E-state index in [0.717, 1.165) is 10.8 Å². The molecule has 1 unspecified atom stereocenters. The Balaban J connectivity index is 2.24. The fraction of sp³-hybridized carbons (Fsp3) is 0.294. The summed E-state index contributed by atoms with van der Waals surface area (Å²) in [5.41, 5.74) is 6.97. The third kappa shape index (κ3) is 1.94. The summed E-state index contributed by atoms with van der Waals surface area (Å²) < 4.78 is 0. The quantitative estimate of drug-likeness (QED) is 0.879. The number of hydrogen-bond acceptors (Lipinski definition) is 3. The van der Waals surface area contributed by atoms with E-state index in [1.54, 1.807) is 12.1 Å². The maximum atomic E-state index is 12.8. The van der Waals surface area contributed by atoms with Crippen LogP contribution in [0.1, 0.15) is 34.6 Å². The van der Waals surface area contributed by atoms with Gasteiger partial charge in [0, 0.05) is 23.1 Å². The molecule has 4 nitrogen and oxygen atoms in total. The molecule has 21 heavy (non-hydrogen) atoms. The molecule has 0 saturated carbocycles. The highest BCUT2D eigenvalue weighted by atomic mass is 16.2. The number of nitrogens with two attached hydrogens (primary N) is 1. The Morgan fingerprint density at radius 1 is 1.00 bits per heavy atom. The number of hydrogen-bond donors (Lipinski definition) is 1. The van der Waals surface area contributed by atoms with Gasteiger partial charge in [0.15, 0.2) is 0 Å². The van der Waals surface area contributed by atoms with E-state index in [1.165, 1.54) is 4.90 Å². The second kappa shape index (κ2) is 4.97. The van der Waals surface area contributed by atoms with Gasteiger partial charge in [-0.3, -0.25) is 14.5 Å². The highest BCUT2D eigenvalue weighted by Crippen LogP contribution is 2.31. The van der Waals surface area contributed by atoms with Gasteiger partial charge >= 0.3 is 0 Å². The number of benzene rings is 2. The molecule has 0 spiro atoms. The average molecular weight is 282 g/mol. The van der Waals surface area contributed by atoms with Crippen molar-refractivity contribution in [3.05, 3.63) is 47.5 Å². The third-order valence-corrected chi connectivity index (χ3v) is 4.15. The normalized spacial score (nSPS) is 15.9. The molecule has 2 amide bonds.